The predicted molar refractivity (Wildman–Crippen MR) is 177 cm³/mol. The molecule has 4 amide bonds. The number of carbonyl (C=O) groups excluding carboxylic acids is 5. The molecule has 0 aliphatic rings. The lowest BCUT2D eigenvalue weighted by Crippen LogP contribution is -2.55. The van der Waals surface area contributed by atoms with Crippen LogP contribution >= 0.6 is 0 Å². The van der Waals surface area contributed by atoms with Gasteiger partial charge in [-0.05, 0) is 55.8 Å². The van der Waals surface area contributed by atoms with Crippen molar-refractivity contribution < 1.29 is 28.7 Å². The molecule has 0 spiro atoms. The Balaban J connectivity index is 2.61. The van der Waals surface area contributed by atoms with Gasteiger partial charge in [-0.15, -0.1) is 0 Å². The van der Waals surface area contributed by atoms with Gasteiger partial charge in [-0.3, -0.25) is 24.1 Å². The summed E-state index contributed by atoms with van der Waals surface area (Å²) in [5, 5.41) is 11.7. The topological polar surface area (TPSA) is 146 Å². The van der Waals surface area contributed by atoms with E-state index < -0.39 is 30.1 Å². The van der Waals surface area contributed by atoms with Gasteiger partial charge < -0.3 is 26.0 Å². The molecule has 0 aromatic heterocycles. The minimum Gasteiger partial charge on any atom is -0.445 e. The number of hydrogen-bond acceptors (Lipinski definition) is 7. The number of Topliss-reactive ketones (excluding diaryl/α,β-unsaturated/α-hetero) is 1. The quantitative estimate of drug-likeness (QED) is 0.163. The molecular formula is C34H57N5O6. The highest BCUT2D eigenvalue weighted by atomic mass is 16.6. The number of amides is 4. The largest absolute Gasteiger partial charge is 0.445 e. The number of ether oxygens (including phenoxy) is 1. The molecule has 0 saturated heterocycles. The summed E-state index contributed by atoms with van der Waals surface area (Å²) in [5.41, 5.74) is 1.23. The van der Waals surface area contributed by atoms with Gasteiger partial charge >= 0.3 is 6.09 Å². The third-order valence-electron chi connectivity index (χ3n) is 7.43. The van der Waals surface area contributed by atoms with E-state index in [-0.39, 0.29) is 42.0 Å². The fourth-order valence-electron chi connectivity index (χ4n) is 4.74. The van der Waals surface area contributed by atoms with Gasteiger partial charge in [0, 0.05) is 31.1 Å². The van der Waals surface area contributed by atoms with Crippen LogP contribution in [0.5, 0.6) is 0 Å². The molecule has 0 saturated carbocycles. The average molecular weight is 632 g/mol. The van der Waals surface area contributed by atoms with Gasteiger partial charge in [0.1, 0.15) is 18.7 Å². The Morgan fingerprint density at radius 2 is 1.40 bits per heavy atom. The second-order valence-electron chi connectivity index (χ2n) is 13.0. The minimum atomic E-state index is -0.828. The fraction of sp³-hybridized carbons (Fsp3) is 0.676. The Kier molecular flexibility index (Phi) is 17.4. The molecule has 0 fully saturated rings. The van der Waals surface area contributed by atoms with E-state index in [1.165, 1.54) is 11.9 Å². The molecule has 1 aromatic carbocycles. The lowest BCUT2D eigenvalue weighted by Gasteiger charge is -2.32. The maximum absolute atomic E-state index is 13.2. The number of ketones is 1. The SMILES string of the molecule is CC(C)NCCCCCC(=O)N[C@@H](C)C(=O)Nc1ccc(COC(=O)N(C)[C@H](C(=O)N[C@H](C(=O)C(C)C)C(C)C)C(C)C)cc1. The zero-order valence-corrected chi connectivity index (χ0v) is 29.0. The summed E-state index contributed by atoms with van der Waals surface area (Å²) in [7, 11) is 1.51. The second kappa shape index (κ2) is 19.8. The van der Waals surface area contributed by atoms with Crippen molar-refractivity contribution >= 4 is 35.3 Å². The van der Waals surface area contributed by atoms with Crippen LogP contribution in [0, 0.1) is 17.8 Å². The fourth-order valence-corrected chi connectivity index (χ4v) is 4.74. The zero-order chi connectivity index (χ0) is 34.3. The van der Waals surface area contributed by atoms with Crippen molar-refractivity contribution in [2.45, 2.75) is 119 Å². The first-order valence-corrected chi connectivity index (χ1v) is 16.2. The van der Waals surface area contributed by atoms with Crippen LogP contribution < -0.4 is 21.3 Å². The van der Waals surface area contributed by atoms with Gasteiger partial charge in [0.15, 0.2) is 5.78 Å². The molecule has 0 bridgehead atoms. The van der Waals surface area contributed by atoms with Gasteiger partial charge in [0.25, 0.3) is 0 Å². The van der Waals surface area contributed by atoms with Crippen molar-refractivity contribution in [1.82, 2.24) is 20.9 Å². The Morgan fingerprint density at radius 1 is 0.778 bits per heavy atom. The van der Waals surface area contributed by atoms with Crippen LogP contribution in [0.3, 0.4) is 0 Å². The van der Waals surface area contributed by atoms with E-state index in [0.717, 1.165) is 25.8 Å². The highest BCUT2D eigenvalue weighted by Gasteiger charge is 2.34. The minimum absolute atomic E-state index is 0.0374. The first-order valence-electron chi connectivity index (χ1n) is 16.2. The molecule has 0 unspecified atom stereocenters. The molecule has 254 valence electrons. The first-order chi connectivity index (χ1) is 21.0. The summed E-state index contributed by atoms with van der Waals surface area (Å²) < 4.78 is 5.48. The molecule has 0 heterocycles. The molecule has 11 heteroatoms. The van der Waals surface area contributed by atoms with Crippen molar-refractivity contribution in [3.05, 3.63) is 29.8 Å². The number of unbranched alkanes of at least 4 members (excludes halogenated alkanes) is 2. The van der Waals surface area contributed by atoms with Crippen LogP contribution in [0.1, 0.15) is 93.6 Å². The summed E-state index contributed by atoms with van der Waals surface area (Å²) in [6.45, 7) is 17.7. The highest BCUT2D eigenvalue weighted by Crippen LogP contribution is 2.16. The Bertz CT molecular complexity index is 1100. The number of benzene rings is 1. The molecule has 1 aromatic rings. The number of carbonyl (C=O) groups is 5. The third kappa shape index (κ3) is 14.4. The van der Waals surface area contributed by atoms with Gasteiger partial charge in [0.05, 0.1) is 6.04 Å². The van der Waals surface area contributed by atoms with E-state index in [1.807, 2.05) is 27.7 Å². The van der Waals surface area contributed by atoms with Crippen molar-refractivity contribution in [3.63, 3.8) is 0 Å². The third-order valence-corrected chi connectivity index (χ3v) is 7.43. The number of nitrogens with zero attached hydrogens (tertiary/aromatic N) is 1. The van der Waals surface area contributed by atoms with Crippen molar-refractivity contribution in [3.8, 4) is 0 Å². The molecule has 1 rings (SSSR count). The van der Waals surface area contributed by atoms with E-state index in [4.69, 9.17) is 4.74 Å². The van der Waals surface area contributed by atoms with E-state index in [2.05, 4.69) is 35.1 Å². The summed E-state index contributed by atoms with van der Waals surface area (Å²) in [5.74, 6) is -1.50. The molecule has 0 aliphatic carbocycles. The Labute approximate surface area is 270 Å². The lowest BCUT2D eigenvalue weighted by atomic mass is 9.92. The molecule has 45 heavy (non-hydrogen) atoms. The molecule has 0 aliphatic heterocycles. The molecule has 0 radical (unpaired) electrons. The number of likely N-dealkylation sites (N-methyl/N-ethyl adjacent to an activating group) is 1. The number of hydrogen-bond donors (Lipinski definition) is 4. The van der Waals surface area contributed by atoms with Gasteiger partial charge in [0.2, 0.25) is 17.7 Å². The predicted octanol–water partition coefficient (Wildman–Crippen LogP) is 4.65. The number of nitrogens with one attached hydrogen (secondary N) is 4. The molecule has 4 N–H and O–H groups in total. The van der Waals surface area contributed by atoms with Gasteiger partial charge in [-0.2, -0.15) is 0 Å². The smallest absolute Gasteiger partial charge is 0.410 e. The van der Waals surface area contributed by atoms with E-state index in [9.17, 15) is 24.0 Å². The van der Waals surface area contributed by atoms with Gasteiger partial charge in [-0.1, -0.05) is 73.9 Å². The van der Waals surface area contributed by atoms with Crippen molar-refractivity contribution in [2.24, 2.45) is 17.8 Å². The van der Waals surface area contributed by atoms with Crippen LogP contribution in [0.15, 0.2) is 24.3 Å². The van der Waals surface area contributed by atoms with E-state index in [0.29, 0.717) is 23.7 Å². The highest BCUT2D eigenvalue weighted by molar-refractivity contribution is 5.97. The average Bonchev–Trinajstić information content (AvgIpc) is 2.96. The normalized spacial score (nSPS) is 13.4. The van der Waals surface area contributed by atoms with E-state index >= 15 is 0 Å². The van der Waals surface area contributed by atoms with Crippen LogP contribution in [-0.2, 0) is 30.5 Å². The van der Waals surface area contributed by atoms with E-state index in [1.54, 1.807) is 45.0 Å². The van der Waals surface area contributed by atoms with Crippen molar-refractivity contribution in [2.75, 3.05) is 18.9 Å². The first kappa shape index (κ1) is 39.6. The molecule has 3 atom stereocenters. The van der Waals surface area contributed by atoms with Gasteiger partial charge in [-0.25, -0.2) is 4.79 Å². The summed E-state index contributed by atoms with van der Waals surface area (Å²) in [6, 6.07) is 5.10. The Hall–Kier alpha value is -3.47. The standard InChI is InChI=1S/C34H57N5O6/c1-21(2)29(31(41)23(5)6)38-33(43)30(22(3)4)39(10)34(44)45-20-26-15-17-27(18-16-26)37-32(42)25(9)36-28(40)14-12-11-13-19-35-24(7)8/h15-18,21-25,29-30,35H,11-14,19-20H2,1-10H3,(H,36,40)(H,37,42)(H,38,43)/t25-,29-,30-/m0/s1. The number of rotatable bonds is 19. The second-order valence-corrected chi connectivity index (χ2v) is 13.0. The van der Waals surface area contributed by atoms with Crippen LogP contribution in [0.4, 0.5) is 10.5 Å². The summed E-state index contributed by atoms with van der Waals surface area (Å²) >= 11 is 0. The van der Waals surface area contributed by atoms with Crippen LogP contribution in [-0.4, -0.2) is 72.3 Å². The molecular weight excluding hydrogens is 574 g/mol. The lowest BCUT2D eigenvalue weighted by molar-refractivity contribution is -0.133. The molecule has 11 nitrogen and oxygen atoms in total. The number of anilines is 1. The van der Waals surface area contributed by atoms with Crippen molar-refractivity contribution in [1.29, 1.82) is 0 Å². The maximum Gasteiger partial charge on any atom is 0.410 e. The summed E-state index contributed by atoms with van der Waals surface area (Å²) in [6.07, 6.45) is 2.42. The monoisotopic (exact) mass is 631 g/mol. The van der Waals surface area contributed by atoms with Crippen LogP contribution in [0.25, 0.3) is 0 Å². The zero-order valence-electron chi connectivity index (χ0n) is 29.0. The van der Waals surface area contributed by atoms with Crippen LogP contribution in [0.2, 0.25) is 0 Å². The Morgan fingerprint density at radius 3 is 1.93 bits per heavy atom. The maximum atomic E-state index is 13.2. The summed E-state index contributed by atoms with van der Waals surface area (Å²) in [4.78, 5) is 64.8.